The van der Waals surface area contributed by atoms with Crippen LogP contribution in [0.5, 0.6) is 0 Å². The number of piperidine rings is 1. The van der Waals surface area contributed by atoms with Crippen molar-refractivity contribution in [2.45, 2.75) is 25.1 Å². The van der Waals surface area contributed by atoms with Crippen LogP contribution >= 0.6 is 0 Å². The molecule has 3 unspecified atom stereocenters. The molecule has 0 aromatic rings. The molecule has 2 rings (SSSR count). The van der Waals surface area contributed by atoms with Gasteiger partial charge in [0.25, 0.3) is 0 Å². The van der Waals surface area contributed by atoms with Crippen LogP contribution in [0.4, 0.5) is 0 Å². The molecule has 64 valence electrons. The summed E-state index contributed by atoms with van der Waals surface area (Å²) in [6.07, 6.45) is 1.60. The summed E-state index contributed by atoms with van der Waals surface area (Å²) in [5.74, 6) is 6.40. The van der Waals surface area contributed by atoms with Crippen LogP contribution in [0.1, 0.15) is 12.8 Å². The topological polar surface area (TPSA) is 61.5 Å². The lowest BCUT2D eigenvalue weighted by molar-refractivity contribution is 0.0489. The summed E-state index contributed by atoms with van der Waals surface area (Å²) in [5.41, 5.74) is 0. The van der Waals surface area contributed by atoms with Gasteiger partial charge in [-0.2, -0.15) is 0 Å². The molecule has 4 heteroatoms. The maximum absolute atomic E-state index is 9.28. The molecule has 2 heterocycles. The molecule has 0 aromatic heterocycles. The number of aliphatic hydroxyl groups excluding tert-OH is 1. The van der Waals surface area contributed by atoms with Gasteiger partial charge in [-0.05, 0) is 12.3 Å². The Hall–Kier alpha value is -0.160. The van der Waals surface area contributed by atoms with Gasteiger partial charge in [0.1, 0.15) is 6.23 Å². The first-order valence-electron chi connectivity index (χ1n) is 4.20. The number of fused-ring (bicyclic) bond motifs is 1. The van der Waals surface area contributed by atoms with Crippen molar-refractivity contribution in [2.75, 3.05) is 13.1 Å². The van der Waals surface area contributed by atoms with Crippen LogP contribution in [0.25, 0.3) is 0 Å². The smallest absolute Gasteiger partial charge is 0.106 e. The number of hydrogen-bond donors (Lipinski definition) is 3. The Morgan fingerprint density at radius 3 is 3.18 bits per heavy atom. The highest BCUT2D eigenvalue weighted by atomic mass is 16.3. The Kier molecular flexibility index (Phi) is 1.85. The van der Waals surface area contributed by atoms with Gasteiger partial charge in [0, 0.05) is 25.6 Å². The number of rotatable bonds is 0. The monoisotopic (exact) mass is 157 g/mol. The molecular formula is C7H15N3O. The summed E-state index contributed by atoms with van der Waals surface area (Å²) in [6, 6.07) is 0.409. The number of hydrogen-bond acceptors (Lipinski definition) is 4. The summed E-state index contributed by atoms with van der Waals surface area (Å²) in [7, 11) is 0. The van der Waals surface area contributed by atoms with Crippen LogP contribution in [0.3, 0.4) is 0 Å². The van der Waals surface area contributed by atoms with Crippen molar-refractivity contribution >= 4 is 0 Å². The lowest BCUT2D eigenvalue weighted by atomic mass is 9.94. The fraction of sp³-hybridized carbons (Fsp3) is 1.00. The third-order valence-corrected chi connectivity index (χ3v) is 2.81. The Balaban J connectivity index is 2.01. The largest absolute Gasteiger partial charge is 0.379 e. The van der Waals surface area contributed by atoms with E-state index in [9.17, 15) is 5.11 Å². The van der Waals surface area contributed by atoms with Crippen molar-refractivity contribution in [3.05, 3.63) is 0 Å². The molecule has 2 saturated heterocycles. The van der Waals surface area contributed by atoms with Crippen molar-refractivity contribution in [1.82, 2.24) is 10.3 Å². The van der Waals surface area contributed by atoms with E-state index in [1.54, 1.807) is 0 Å². The van der Waals surface area contributed by atoms with E-state index < -0.39 is 0 Å². The molecule has 3 atom stereocenters. The van der Waals surface area contributed by atoms with E-state index in [0.717, 1.165) is 19.5 Å². The molecule has 0 aliphatic carbocycles. The van der Waals surface area contributed by atoms with Crippen LogP contribution < -0.4 is 11.2 Å². The van der Waals surface area contributed by atoms with Crippen LogP contribution in [-0.2, 0) is 0 Å². The first kappa shape index (κ1) is 7.49. The molecule has 2 fully saturated rings. The van der Waals surface area contributed by atoms with E-state index in [4.69, 9.17) is 5.84 Å². The summed E-state index contributed by atoms with van der Waals surface area (Å²) >= 11 is 0. The Bertz CT molecular complexity index is 153. The molecule has 0 saturated carbocycles. The molecule has 0 bridgehead atoms. The maximum Gasteiger partial charge on any atom is 0.106 e. The van der Waals surface area contributed by atoms with E-state index in [2.05, 4.69) is 5.32 Å². The minimum absolute atomic E-state index is 0.347. The van der Waals surface area contributed by atoms with Gasteiger partial charge in [-0.1, -0.05) is 0 Å². The molecule has 4 N–H and O–H groups in total. The van der Waals surface area contributed by atoms with E-state index >= 15 is 0 Å². The van der Waals surface area contributed by atoms with E-state index in [1.807, 2.05) is 5.01 Å². The number of aliphatic hydroxyl groups is 1. The second-order valence-electron chi connectivity index (χ2n) is 3.51. The number of hydrazine groups is 1. The standard InChI is InChI=1S/C7H15N3O/c8-10-2-1-5-4-9-7(11)3-6(5)10/h5-7,9,11H,1-4,8H2. The summed E-state index contributed by atoms with van der Waals surface area (Å²) in [5, 5.41) is 14.2. The second kappa shape index (κ2) is 2.71. The first-order valence-corrected chi connectivity index (χ1v) is 4.20. The molecule has 0 aromatic carbocycles. The fourth-order valence-electron chi connectivity index (χ4n) is 2.11. The minimum Gasteiger partial charge on any atom is -0.379 e. The van der Waals surface area contributed by atoms with Crippen LogP contribution in [0.15, 0.2) is 0 Å². The minimum atomic E-state index is -0.347. The average Bonchev–Trinajstić information content (AvgIpc) is 2.33. The van der Waals surface area contributed by atoms with E-state index in [-0.39, 0.29) is 6.23 Å². The zero-order valence-electron chi connectivity index (χ0n) is 6.53. The molecule has 0 spiro atoms. The quantitative estimate of drug-likeness (QED) is 0.389. The van der Waals surface area contributed by atoms with Gasteiger partial charge >= 0.3 is 0 Å². The average molecular weight is 157 g/mol. The zero-order chi connectivity index (χ0) is 7.84. The SMILES string of the molecule is NN1CCC2CNC(O)CC21. The van der Waals surface area contributed by atoms with Crippen LogP contribution in [-0.4, -0.2) is 35.5 Å². The van der Waals surface area contributed by atoms with Crippen molar-refractivity contribution in [1.29, 1.82) is 0 Å². The van der Waals surface area contributed by atoms with Gasteiger partial charge in [-0.15, -0.1) is 0 Å². The zero-order valence-corrected chi connectivity index (χ0v) is 6.53. The predicted molar refractivity (Wildman–Crippen MR) is 41.4 cm³/mol. The molecular weight excluding hydrogens is 142 g/mol. The van der Waals surface area contributed by atoms with Gasteiger partial charge in [0.15, 0.2) is 0 Å². The Morgan fingerprint density at radius 2 is 2.36 bits per heavy atom. The summed E-state index contributed by atoms with van der Waals surface area (Å²) < 4.78 is 0. The van der Waals surface area contributed by atoms with Gasteiger partial charge in [0.2, 0.25) is 0 Å². The summed E-state index contributed by atoms with van der Waals surface area (Å²) in [4.78, 5) is 0. The highest BCUT2D eigenvalue weighted by Gasteiger charge is 2.36. The number of nitrogens with two attached hydrogens (primary N) is 1. The van der Waals surface area contributed by atoms with Gasteiger partial charge in [-0.25, -0.2) is 5.01 Å². The normalized spacial score (nSPS) is 45.8. The van der Waals surface area contributed by atoms with Crippen molar-refractivity contribution < 1.29 is 5.11 Å². The highest BCUT2D eigenvalue weighted by Crippen LogP contribution is 2.27. The maximum atomic E-state index is 9.28. The molecule has 0 radical (unpaired) electrons. The Labute approximate surface area is 66.3 Å². The molecule has 11 heavy (non-hydrogen) atoms. The van der Waals surface area contributed by atoms with Gasteiger partial charge < -0.3 is 5.11 Å². The van der Waals surface area contributed by atoms with E-state index in [0.29, 0.717) is 12.0 Å². The van der Waals surface area contributed by atoms with Gasteiger partial charge in [-0.3, -0.25) is 11.2 Å². The Morgan fingerprint density at radius 1 is 1.55 bits per heavy atom. The van der Waals surface area contributed by atoms with Gasteiger partial charge in [0.05, 0.1) is 0 Å². The molecule has 4 nitrogen and oxygen atoms in total. The number of nitrogens with zero attached hydrogens (tertiary/aromatic N) is 1. The number of nitrogens with one attached hydrogen (secondary N) is 1. The highest BCUT2D eigenvalue weighted by molar-refractivity contribution is 4.90. The summed E-state index contributed by atoms with van der Waals surface area (Å²) in [6.45, 7) is 1.89. The van der Waals surface area contributed by atoms with Crippen molar-refractivity contribution in [3.63, 3.8) is 0 Å². The molecule has 0 amide bonds. The third kappa shape index (κ3) is 1.27. The van der Waals surface area contributed by atoms with E-state index in [1.165, 1.54) is 6.42 Å². The lowest BCUT2D eigenvalue weighted by Crippen LogP contribution is -2.50. The lowest BCUT2D eigenvalue weighted by Gasteiger charge is -2.32. The van der Waals surface area contributed by atoms with Crippen LogP contribution in [0, 0.1) is 5.92 Å². The second-order valence-corrected chi connectivity index (χ2v) is 3.51. The fourth-order valence-corrected chi connectivity index (χ4v) is 2.11. The van der Waals surface area contributed by atoms with Crippen LogP contribution in [0.2, 0.25) is 0 Å². The van der Waals surface area contributed by atoms with Crippen molar-refractivity contribution in [2.24, 2.45) is 11.8 Å². The molecule has 2 aliphatic heterocycles. The predicted octanol–water partition coefficient (Wildman–Crippen LogP) is -1.14. The van der Waals surface area contributed by atoms with Crippen molar-refractivity contribution in [3.8, 4) is 0 Å². The molecule has 2 aliphatic rings. The first-order chi connectivity index (χ1) is 5.27. The third-order valence-electron chi connectivity index (χ3n) is 2.81.